The number of rotatable bonds is 5. The van der Waals surface area contributed by atoms with E-state index in [2.05, 4.69) is 15.3 Å². The smallest absolute Gasteiger partial charge is 0.297 e. The van der Waals surface area contributed by atoms with Crippen LogP contribution in [0.3, 0.4) is 0 Å². The van der Waals surface area contributed by atoms with Gasteiger partial charge in [0, 0.05) is 17.5 Å². The summed E-state index contributed by atoms with van der Waals surface area (Å²) in [5.41, 5.74) is 0.540. The Morgan fingerprint density at radius 2 is 2.04 bits per heavy atom. The van der Waals surface area contributed by atoms with E-state index >= 15 is 0 Å². The Kier molecular flexibility index (Phi) is 5.61. The van der Waals surface area contributed by atoms with Crippen molar-refractivity contribution in [3.05, 3.63) is 62.0 Å². The average Bonchev–Trinajstić information content (AvgIpc) is 3.20. The van der Waals surface area contributed by atoms with E-state index in [9.17, 15) is 18.0 Å². The maximum absolute atomic E-state index is 12.8. The van der Waals surface area contributed by atoms with Crippen LogP contribution in [0, 0.1) is 6.92 Å². The number of nitrogens with zero attached hydrogens (tertiary/aromatic N) is 2. The molecule has 0 spiro atoms. The summed E-state index contributed by atoms with van der Waals surface area (Å²) in [6.45, 7) is 3.76. The van der Waals surface area contributed by atoms with Crippen LogP contribution >= 0.6 is 22.7 Å². The molecule has 1 aromatic carbocycles. The van der Waals surface area contributed by atoms with Crippen molar-refractivity contribution >= 4 is 33.7 Å². The van der Waals surface area contributed by atoms with E-state index in [0.29, 0.717) is 27.7 Å². The van der Waals surface area contributed by atoms with E-state index in [1.54, 1.807) is 19.2 Å². The number of carbonyl (C=O) groups is 1. The first kappa shape index (κ1) is 19.5. The zero-order valence-electron chi connectivity index (χ0n) is 14.6. The van der Waals surface area contributed by atoms with Crippen molar-refractivity contribution in [3.63, 3.8) is 0 Å². The molecule has 3 rings (SSSR count). The monoisotopic (exact) mass is 411 g/mol. The van der Waals surface area contributed by atoms with Gasteiger partial charge in [0.1, 0.15) is 4.88 Å². The number of nitrogens with one attached hydrogen (secondary N) is 1. The molecular weight excluding hydrogens is 395 g/mol. The summed E-state index contributed by atoms with van der Waals surface area (Å²) in [6.07, 6.45) is -1.72. The first-order valence-electron chi connectivity index (χ1n) is 8.14. The van der Waals surface area contributed by atoms with Crippen molar-refractivity contribution in [2.24, 2.45) is 0 Å². The Morgan fingerprint density at radius 3 is 2.70 bits per heavy atom. The molecule has 0 atom stereocenters. The molecule has 0 bridgehead atoms. The van der Waals surface area contributed by atoms with Crippen molar-refractivity contribution < 1.29 is 18.0 Å². The largest absolute Gasteiger partial charge is 0.416 e. The van der Waals surface area contributed by atoms with Crippen LogP contribution in [0.15, 0.2) is 30.5 Å². The minimum absolute atomic E-state index is 0.273. The molecule has 4 nitrogen and oxygen atoms in total. The highest BCUT2D eigenvalue weighted by molar-refractivity contribution is 7.16. The molecule has 3 aromatic rings. The summed E-state index contributed by atoms with van der Waals surface area (Å²) in [4.78, 5) is 22.2. The summed E-state index contributed by atoms with van der Waals surface area (Å²) >= 11 is 2.59. The summed E-state index contributed by atoms with van der Waals surface area (Å²) < 4.78 is 38.4. The van der Waals surface area contributed by atoms with Gasteiger partial charge in [0.05, 0.1) is 16.3 Å². The lowest BCUT2D eigenvalue weighted by atomic mass is 10.1. The van der Waals surface area contributed by atoms with Crippen molar-refractivity contribution in [3.8, 4) is 0 Å². The molecule has 1 N–H and O–H groups in total. The van der Waals surface area contributed by atoms with E-state index < -0.39 is 11.7 Å². The van der Waals surface area contributed by atoms with E-state index in [1.165, 1.54) is 28.7 Å². The first-order valence-corrected chi connectivity index (χ1v) is 9.78. The van der Waals surface area contributed by atoms with Gasteiger partial charge in [-0.05, 0) is 25.0 Å². The number of halogens is 3. The van der Waals surface area contributed by atoms with Gasteiger partial charge in [-0.2, -0.15) is 13.2 Å². The van der Waals surface area contributed by atoms with Gasteiger partial charge in [0.25, 0.3) is 5.91 Å². The third-order valence-electron chi connectivity index (χ3n) is 3.76. The molecule has 0 aliphatic rings. The maximum atomic E-state index is 12.8. The number of anilines is 1. The second-order valence-electron chi connectivity index (χ2n) is 5.84. The average molecular weight is 411 g/mol. The lowest BCUT2D eigenvalue weighted by Crippen LogP contribution is -2.11. The third kappa shape index (κ3) is 4.72. The van der Waals surface area contributed by atoms with Crippen molar-refractivity contribution in [1.82, 2.24) is 9.97 Å². The number of hydrogen-bond donors (Lipinski definition) is 1. The Labute approximate surface area is 162 Å². The standard InChI is InChI=1S/C18H16F3N3OS2/c1-3-14-23-10(2)15(27-14)16(25)24-17-22-9-13(26-17)8-11-5-4-6-12(7-11)18(19,20)21/h4-7,9H,3,8H2,1-2H3,(H,22,24,25). The van der Waals surface area contributed by atoms with E-state index in [-0.39, 0.29) is 5.91 Å². The van der Waals surface area contributed by atoms with Crippen LogP contribution in [-0.4, -0.2) is 15.9 Å². The van der Waals surface area contributed by atoms with Crippen LogP contribution in [0.2, 0.25) is 0 Å². The summed E-state index contributed by atoms with van der Waals surface area (Å²) in [7, 11) is 0. The third-order valence-corrected chi connectivity index (χ3v) is 5.97. The van der Waals surface area contributed by atoms with Crippen molar-refractivity contribution in [2.75, 3.05) is 5.32 Å². The predicted octanol–water partition coefficient (Wildman–Crippen LogP) is 5.33. The van der Waals surface area contributed by atoms with Gasteiger partial charge < -0.3 is 0 Å². The van der Waals surface area contributed by atoms with Crippen LogP contribution in [0.1, 0.15) is 43.3 Å². The Morgan fingerprint density at radius 1 is 1.26 bits per heavy atom. The van der Waals surface area contributed by atoms with E-state index in [1.807, 2.05) is 6.92 Å². The van der Waals surface area contributed by atoms with E-state index in [0.717, 1.165) is 28.4 Å². The zero-order valence-corrected chi connectivity index (χ0v) is 16.2. The fourth-order valence-corrected chi connectivity index (χ4v) is 4.22. The quantitative estimate of drug-likeness (QED) is 0.617. The Balaban J connectivity index is 1.70. The molecule has 142 valence electrons. The van der Waals surface area contributed by atoms with Gasteiger partial charge in [-0.15, -0.1) is 22.7 Å². The minimum Gasteiger partial charge on any atom is -0.297 e. The maximum Gasteiger partial charge on any atom is 0.416 e. The molecule has 2 aromatic heterocycles. The first-order chi connectivity index (χ1) is 12.8. The van der Waals surface area contributed by atoms with Gasteiger partial charge in [0.15, 0.2) is 5.13 Å². The minimum atomic E-state index is -4.37. The van der Waals surface area contributed by atoms with Crippen LogP contribution in [0.25, 0.3) is 0 Å². The Hall–Kier alpha value is -2.26. The molecule has 0 aliphatic carbocycles. The van der Waals surface area contributed by atoms with Crippen LogP contribution < -0.4 is 5.32 Å². The van der Waals surface area contributed by atoms with Crippen molar-refractivity contribution in [1.29, 1.82) is 0 Å². The molecule has 0 fully saturated rings. The van der Waals surface area contributed by atoms with Gasteiger partial charge in [-0.25, -0.2) is 9.97 Å². The Bertz CT molecular complexity index is 963. The number of carbonyl (C=O) groups excluding carboxylic acids is 1. The van der Waals surface area contributed by atoms with Gasteiger partial charge >= 0.3 is 6.18 Å². The molecule has 0 saturated heterocycles. The zero-order chi connectivity index (χ0) is 19.6. The lowest BCUT2D eigenvalue weighted by molar-refractivity contribution is -0.137. The van der Waals surface area contributed by atoms with Gasteiger partial charge in [0.2, 0.25) is 0 Å². The number of hydrogen-bond acceptors (Lipinski definition) is 5. The molecule has 0 aliphatic heterocycles. The normalized spacial score (nSPS) is 11.6. The molecule has 0 radical (unpaired) electrons. The van der Waals surface area contributed by atoms with Gasteiger partial charge in [-0.3, -0.25) is 10.1 Å². The highest BCUT2D eigenvalue weighted by Gasteiger charge is 2.30. The SMILES string of the molecule is CCc1nc(C)c(C(=O)Nc2ncc(Cc3cccc(C(F)(F)F)c3)s2)s1. The number of aromatic nitrogens is 2. The molecule has 0 unspecified atom stereocenters. The molecule has 27 heavy (non-hydrogen) atoms. The molecule has 0 saturated carbocycles. The fraction of sp³-hybridized carbons (Fsp3) is 0.278. The highest BCUT2D eigenvalue weighted by atomic mass is 32.1. The fourth-order valence-electron chi connectivity index (χ4n) is 2.47. The van der Waals surface area contributed by atoms with Crippen LogP contribution in [-0.2, 0) is 19.0 Å². The van der Waals surface area contributed by atoms with Crippen LogP contribution in [0.5, 0.6) is 0 Å². The summed E-state index contributed by atoms with van der Waals surface area (Å²) in [6, 6.07) is 5.20. The number of benzene rings is 1. The topological polar surface area (TPSA) is 54.9 Å². The van der Waals surface area contributed by atoms with Crippen molar-refractivity contribution in [2.45, 2.75) is 32.9 Å². The predicted molar refractivity (Wildman–Crippen MR) is 101 cm³/mol. The number of alkyl halides is 3. The number of amides is 1. The molecule has 9 heteroatoms. The molecule has 1 amide bonds. The summed E-state index contributed by atoms with van der Waals surface area (Å²) in [5.74, 6) is -0.273. The van der Waals surface area contributed by atoms with Crippen LogP contribution in [0.4, 0.5) is 18.3 Å². The number of thiazole rings is 2. The molecular formula is C18H16F3N3OS2. The van der Waals surface area contributed by atoms with Gasteiger partial charge in [-0.1, -0.05) is 25.1 Å². The second-order valence-corrected chi connectivity index (χ2v) is 8.04. The lowest BCUT2D eigenvalue weighted by Gasteiger charge is -2.07. The summed E-state index contributed by atoms with van der Waals surface area (Å²) in [5, 5.41) is 4.04. The highest BCUT2D eigenvalue weighted by Crippen LogP contribution is 2.31. The van der Waals surface area contributed by atoms with E-state index in [4.69, 9.17) is 0 Å². The molecule has 2 heterocycles. The second kappa shape index (κ2) is 7.77. The number of aryl methyl sites for hydroxylation is 2.